The van der Waals surface area contributed by atoms with E-state index in [2.05, 4.69) is 4.74 Å². The van der Waals surface area contributed by atoms with Crippen LogP contribution in [0.4, 0.5) is 8.78 Å². The first-order valence-electron chi connectivity index (χ1n) is 7.80. The van der Waals surface area contributed by atoms with Gasteiger partial charge in [-0.15, -0.1) is 0 Å². The van der Waals surface area contributed by atoms with Crippen molar-refractivity contribution in [1.29, 1.82) is 0 Å². The van der Waals surface area contributed by atoms with Crippen molar-refractivity contribution in [2.24, 2.45) is 0 Å². The van der Waals surface area contributed by atoms with Crippen LogP contribution in [0.5, 0.6) is 11.5 Å². The molecule has 0 saturated carbocycles. The maximum absolute atomic E-state index is 12.7. The number of hydrogen-bond acceptors (Lipinski definition) is 5. The highest BCUT2D eigenvalue weighted by Crippen LogP contribution is 2.39. The fraction of sp³-hybridized carbons (Fsp3) is 0.562. The number of para-hydroxylation sites is 1. The Morgan fingerprint density at radius 1 is 1.40 bits per heavy atom. The molecule has 1 aromatic carbocycles. The number of ether oxygens (including phenoxy) is 2. The fourth-order valence-corrected chi connectivity index (χ4v) is 3.17. The summed E-state index contributed by atoms with van der Waals surface area (Å²) in [5.41, 5.74) is 0.600. The van der Waals surface area contributed by atoms with Crippen molar-refractivity contribution in [2.75, 3.05) is 18.6 Å². The summed E-state index contributed by atoms with van der Waals surface area (Å²) in [7, 11) is -3.22. The van der Waals surface area contributed by atoms with E-state index in [0.717, 1.165) is 6.26 Å². The molecule has 1 unspecified atom stereocenters. The number of halogens is 2. The molecule has 0 radical (unpaired) electrons. The SMILES string of the molecule is CC(C)N(CCS(C)(=O)=O)C(=O)C1Cc2cccc(OC(F)F)c2O1. The molecule has 1 amide bonds. The highest BCUT2D eigenvalue weighted by molar-refractivity contribution is 7.90. The molecule has 0 aromatic heterocycles. The number of amides is 1. The van der Waals surface area contributed by atoms with Crippen molar-refractivity contribution < 1.29 is 31.5 Å². The molecule has 0 saturated heterocycles. The van der Waals surface area contributed by atoms with Crippen LogP contribution in [0.2, 0.25) is 0 Å². The minimum Gasteiger partial charge on any atom is -0.476 e. The molecule has 1 atom stereocenters. The normalized spacial score (nSPS) is 16.7. The van der Waals surface area contributed by atoms with Gasteiger partial charge in [0.05, 0.1) is 5.75 Å². The third kappa shape index (κ3) is 5.04. The Morgan fingerprint density at radius 2 is 2.08 bits per heavy atom. The van der Waals surface area contributed by atoms with Crippen LogP contribution in [0.25, 0.3) is 0 Å². The van der Waals surface area contributed by atoms with Gasteiger partial charge in [0, 0.05) is 30.8 Å². The minimum absolute atomic E-state index is 0.0475. The van der Waals surface area contributed by atoms with Crippen LogP contribution in [-0.2, 0) is 21.1 Å². The molecular formula is C16H21F2NO5S. The Bertz CT molecular complexity index is 736. The van der Waals surface area contributed by atoms with Gasteiger partial charge in [0.15, 0.2) is 17.6 Å². The lowest BCUT2D eigenvalue weighted by Gasteiger charge is -2.28. The summed E-state index contributed by atoms with van der Waals surface area (Å²) in [5.74, 6) is -0.517. The Labute approximate surface area is 145 Å². The number of nitrogens with zero attached hydrogens (tertiary/aromatic N) is 1. The maximum atomic E-state index is 12.7. The zero-order valence-electron chi connectivity index (χ0n) is 14.2. The van der Waals surface area contributed by atoms with Gasteiger partial charge in [-0.1, -0.05) is 12.1 Å². The van der Waals surface area contributed by atoms with Gasteiger partial charge in [0.2, 0.25) is 0 Å². The molecule has 0 bridgehead atoms. The van der Waals surface area contributed by atoms with Crippen LogP contribution < -0.4 is 9.47 Å². The van der Waals surface area contributed by atoms with E-state index in [1.54, 1.807) is 26.0 Å². The standard InChI is InChI=1S/C16H21F2NO5S/c1-10(2)19(7-8-25(3,21)22)15(20)13-9-11-5-4-6-12(14(11)23-13)24-16(17)18/h4-6,10,13,16H,7-9H2,1-3H3. The molecule has 1 aromatic rings. The number of hydrogen-bond donors (Lipinski definition) is 0. The van der Waals surface area contributed by atoms with Crippen molar-refractivity contribution in [3.05, 3.63) is 23.8 Å². The lowest BCUT2D eigenvalue weighted by atomic mass is 10.1. The van der Waals surface area contributed by atoms with Gasteiger partial charge < -0.3 is 14.4 Å². The first kappa shape index (κ1) is 19.4. The highest BCUT2D eigenvalue weighted by atomic mass is 32.2. The molecule has 1 aliphatic rings. The van der Waals surface area contributed by atoms with Crippen LogP contribution in [0.3, 0.4) is 0 Å². The van der Waals surface area contributed by atoms with Gasteiger partial charge >= 0.3 is 6.61 Å². The zero-order chi connectivity index (χ0) is 18.8. The smallest absolute Gasteiger partial charge is 0.387 e. The van der Waals surface area contributed by atoms with Crippen molar-refractivity contribution in [2.45, 2.75) is 39.0 Å². The van der Waals surface area contributed by atoms with Crippen LogP contribution in [0.15, 0.2) is 18.2 Å². The van der Waals surface area contributed by atoms with Gasteiger partial charge in [-0.05, 0) is 19.9 Å². The second-order valence-corrected chi connectivity index (χ2v) is 8.45. The van der Waals surface area contributed by atoms with E-state index in [9.17, 15) is 22.0 Å². The monoisotopic (exact) mass is 377 g/mol. The van der Waals surface area contributed by atoms with E-state index in [1.807, 2.05) is 0 Å². The summed E-state index contributed by atoms with van der Waals surface area (Å²) in [5, 5.41) is 0. The summed E-state index contributed by atoms with van der Waals surface area (Å²) in [6.07, 6.45) is 0.433. The van der Waals surface area contributed by atoms with E-state index < -0.39 is 22.6 Å². The van der Waals surface area contributed by atoms with Crippen LogP contribution in [0, 0.1) is 0 Å². The van der Waals surface area contributed by atoms with E-state index in [1.165, 1.54) is 11.0 Å². The third-order valence-electron chi connectivity index (χ3n) is 3.83. The first-order chi connectivity index (χ1) is 11.6. The molecular weight excluding hydrogens is 356 g/mol. The molecule has 9 heteroatoms. The number of alkyl halides is 2. The molecule has 0 N–H and O–H groups in total. The first-order valence-corrected chi connectivity index (χ1v) is 9.86. The van der Waals surface area contributed by atoms with E-state index in [-0.39, 0.29) is 42.2 Å². The number of sulfone groups is 1. The number of fused-ring (bicyclic) bond motifs is 1. The quantitative estimate of drug-likeness (QED) is 0.725. The van der Waals surface area contributed by atoms with E-state index in [0.29, 0.717) is 5.56 Å². The molecule has 1 heterocycles. The topological polar surface area (TPSA) is 72.9 Å². The lowest BCUT2D eigenvalue weighted by molar-refractivity contribution is -0.139. The average molecular weight is 377 g/mol. The molecule has 1 aliphatic heterocycles. The van der Waals surface area contributed by atoms with Gasteiger partial charge in [-0.3, -0.25) is 4.79 Å². The van der Waals surface area contributed by atoms with Crippen LogP contribution >= 0.6 is 0 Å². The Balaban J connectivity index is 2.14. The number of benzene rings is 1. The summed E-state index contributed by atoms with van der Waals surface area (Å²) in [6.45, 7) is 0.597. The summed E-state index contributed by atoms with van der Waals surface area (Å²) >= 11 is 0. The predicted octanol–water partition coefficient (Wildman–Crippen LogP) is 1.87. The van der Waals surface area contributed by atoms with E-state index in [4.69, 9.17) is 4.74 Å². The van der Waals surface area contributed by atoms with E-state index >= 15 is 0 Å². The minimum atomic E-state index is -3.22. The fourth-order valence-electron chi connectivity index (χ4n) is 2.64. The number of carbonyl (C=O) groups excluding carboxylic acids is 1. The second-order valence-electron chi connectivity index (χ2n) is 6.19. The second kappa shape index (κ2) is 7.55. The Morgan fingerprint density at radius 3 is 2.64 bits per heavy atom. The summed E-state index contributed by atoms with van der Waals surface area (Å²) in [4.78, 5) is 14.1. The van der Waals surface area contributed by atoms with Crippen LogP contribution in [0.1, 0.15) is 19.4 Å². The molecule has 0 spiro atoms. The van der Waals surface area contributed by atoms with Gasteiger partial charge in [0.25, 0.3) is 5.91 Å². The zero-order valence-corrected chi connectivity index (χ0v) is 15.1. The molecule has 6 nitrogen and oxygen atoms in total. The molecule has 2 rings (SSSR count). The number of carbonyl (C=O) groups is 1. The van der Waals surface area contributed by atoms with Crippen molar-refractivity contribution in [1.82, 2.24) is 4.90 Å². The van der Waals surface area contributed by atoms with Crippen molar-refractivity contribution in [3.8, 4) is 11.5 Å². The molecule has 0 aliphatic carbocycles. The molecule has 0 fully saturated rings. The Hall–Kier alpha value is -1.90. The summed E-state index contributed by atoms with van der Waals surface area (Å²) in [6, 6.07) is 4.36. The highest BCUT2D eigenvalue weighted by Gasteiger charge is 2.35. The lowest BCUT2D eigenvalue weighted by Crippen LogP contribution is -2.46. The van der Waals surface area contributed by atoms with Gasteiger partial charge in [0.1, 0.15) is 9.84 Å². The largest absolute Gasteiger partial charge is 0.476 e. The van der Waals surface area contributed by atoms with Gasteiger partial charge in [-0.2, -0.15) is 8.78 Å². The molecule has 25 heavy (non-hydrogen) atoms. The number of rotatable bonds is 7. The van der Waals surface area contributed by atoms with Gasteiger partial charge in [-0.25, -0.2) is 8.42 Å². The molecule has 140 valence electrons. The summed E-state index contributed by atoms with van der Waals surface area (Å²) < 4.78 is 57.7. The Kier molecular flexibility index (Phi) is 5.87. The average Bonchev–Trinajstić information content (AvgIpc) is 2.90. The van der Waals surface area contributed by atoms with Crippen molar-refractivity contribution >= 4 is 15.7 Å². The van der Waals surface area contributed by atoms with Crippen molar-refractivity contribution in [3.63, 3.8) is 0 Å². The maximum Gasteiger partial charge on any atom is 0.387 e. The third-order valence-corrected chi connectivity index (χ3v) is 4.75. The van der Waals surface area contributed by atoms with Crippen LogP contribution in [-0.4, -0.2) is 56.5 Å². The predicted molar refractivity (Wildman–Crippen MR) is 87.8 cm³/mol.